The second-order valence-corrected chi connectivity index (χ2v) is 13.5. The Morgan fingerprint density at radius 1 is 1.21 bits per heavy atom. The van der Waals surface area contributed by atoms with Gasteiger partial charge in [0.15, 0.2) is 20.7 Å². The van der Waals surface area contributed by atoms with E-state index in [9.17, 15) is 8.42 Å². The van der Waals surface area contributed by atoms with E-state index in [0.29, 0.717) is 22.4 Å². The number of halogens is 2. The van der Waals surface area contributed by atoms with Gasteiger partial charge in [0.1, 0.15) is 10.8 Å². The van der Waals surface area contributed by atoms with Crippen LogP contribution in [0.3, 0.4) is 0 Å². The van der Waals surface area contributed by atoms with Crippen molar-refractivity contribution in [2.45, 2.75) is 56.8 Å². The third-order valence-electron chi connectivity index (χ3n) is 6.77. The molecule has 4 N–H and O–H groups in total. The molecule has 212 valence electrons. The summed E-state index contributed by atoms with van der Waals surface area (Å²) < 4.78 is 31.6. The molecule has 4 rings (SSSR count). The first-order valence-electron chi connectivity index (χ1n) is 12.9. The number of hydrogen-bond acceptors (Lipinski definition) is 10. The summed E-state index contributed by atoms with van der Waals surface area (Å²) in [7, 11) is -0.117. The highest BCUT2D eigenvalue weighted by Crippen LogP contribution is 2.41. The molecule has 2 heterocycles. The number of nitrogens with one attached hydrogen (secondary N) is 2. The SMILES string of the molecule is CN=CC(Nc1nc(Nc2cc(Cl)c(C3CCN(C)CC3)cc2OC2CC2)ncc1Cl)=C(N)S(=O)(=O)C(C)C. The van der Waals surface area contributed by atoms with Gasteiger partial charge in [-0.15, -0.1) is 0 Å². The molecular formula is C26H35Cl2N7O3S. The first kappa shape index (κ1) is 29.4. The van der Waals surface area contributed by atoms with Crippen LogP contribution in [-0.2, 0) is 9.84 Å². The molecule has 1 aromatic carbocycles. The number of likely N-dealkylation sites (tertiary alicyclic amines) is 1. The summed E-state index contributed by atoms with van der Waals surface area (Å²) in [5.41, 5.74) is 7.79. The Morgan fingerprint density at radius 2 is 1.90 bits per heavy atom. The summed E-state index contributed by atoms with van der Waals surface area (Å²) >= 11 is 13.1. The van der Waals surface area contributed by atoms with Crippen LogP contribution in [0.15, 0.2) is 34.0 Å². The molecule has 1 saturated carbocycles. The minimum absolute atomic E-state index is 0.0565. The molecule has 1 aliphatic heterocycles. The van der Waals surface area contributed by atoms with Gasteiger partial charge >= 0.3 is 0 Å². The lowest BCUT2D eigenvalue weighted by atomic mass is 9.89. The van der Waals surface area contributed by atoms with Crippen LogP contribution in [0.25, 0.3) is 0 Å². The lowest BCUT2D eigenvalue weighted by molar-refractivity contribution is 0.254. The Bertz CT molecular complexity index is 1370. The van der Waals surface area contributed by atoms with Gasteiger partial charge in [-0.05, 0) is 83.3 Å². The van der Waals surface area contributed by atoms with Crippen molar-refractivity contribution in [3.63, 3.8) is 0 Å². The number of anilines is 3. The van der Waals surface area contributed by atoms with E-state index in [1.54, 1.807) is 13.8 Å². The molecule has 1 aromatic heterocycles. The second kappa shape index (κ2) is 12.3. The van der Waals surface area contributed by atoms with E-state index in [1.165, 1.54) is 19.5 Å². The number of nitrogens with two attached hydrogens (primary N) is 1. The van der Waals surface area contributed by atoms with Gasteiger partial charge < -0.3 is 26.0 Å². The minimum atomic E-state index is -3.75. The highest BCUT2D eigenvalue weighted by Gasteiger charge is 2.28. The third-order valence-corrected chi connectivity index (χ3v) is 9.45. The topological polar surface area (TPSA) is 135 Å². The summed E-state index contributed by atoms with van der Waals surface area (Å²) in [5, 5.41) is 5.84. The highest BCUT2D eigenvalue weighted by atomic mass is 35.5. The Kier molecular flexibility index (Phi) is 9.25. The van der Waals surface area contributed by atoms with Crippen LogP contribution in [0.4, 0.5) is 17.5 Å². The van der Waals surface area contributed by atoms with E-state index in [-0.39, 0.29) is 33.6 Å². The largest absolute Gasteiger partial charge is 0.488 e. The number of hydrogen-bond donors (Lipinski definition) is 3. The van der Waals surface area contributed by atoms with Crippen LogP contribution in [0.1, 0.15) is 51.0 Å². The summed E-state index contributed by atoms with van der Waals surface area (Å²) in [6, 6.07) is 3.88. The lowest BCUT2D eigenvalue weighted by Gasteiger charge is -2.30. The third kappa shape index (κ3) is 7.13. The van der Waals surface area contributed by atoms with Gasteiger partial charge in [-0.2, -0.15) is 4.98 Å². The van der Waals surface area contributed by atoms with Crippen LogP contribution < -0.4 is 21.1 Å². The smallest absolute Gasteiger partial charge is 0.229 e. The number of nitrogens with zero attached hydrogens (tertiary/aromatic N) is 4. The minimum Gasteiger partial charge on any atom is -0.488 e. The maximum absolute atomic E-state index is 12.7. The first-order valence-corrected chi connectivity index (χ1v) is 15.2. The first-order chi connectivity index (χ1) is 18.5. The zero-order valence-corrected chi connectivity index (χ0v) is 24.9. The van der Waals surface area contributed by atoms with Gasteiger partial charge in [0.2, 0.25) is 5.95 Å². The molecule has 0 radical (unpaired) electrons. The van der Waals surface area contributed by atoms with Crippen molar-refractivity contribution in [1.82, 2.24) is 14.9 Å². The Labute approximate surface area is 240 Å². The van der Waals surface area contributed by atoms with E-state index < -0.39 is 15.1 Å². The number of sulfone groups is 1. The van der Waals surface area contributed by atoms with E-state index in [2.05, 4.69) is 37.5 Å². The second-order valence-electron chi connectivity index (χ2n) is 10.2. The molecule has 2 aliphatic rings. The van der Waals surface area contributed by atoms with Crippen molar-refractivity contribution in [3.05, 3.63) is 44.7 Å². The van der Waals surface area contributed by atoms with Crippen LogP contribution in [0.2, 0.25) is 10.0 Å². The fourth-order valence-electron chi connectivity index (χ4n) is 4.22. The van der Waals surface area contributed by atoms with Crippen LogP contribution in [-0.4, -0.2) is 68.0 Å². The number of aromatic nitrogens is 2. The van der Waals surface area contributed by atoms with Gasteiger partial charge in [-0.3, -0.25) is 4.99 Å². The number of benzene rings is 1. The quantitative estimate of drug-likeness (QED) is 0.326. The normalized spacial score (nSPS) is 17.9. The summed E-state index contributed by atoms with van der Waals surface area (Å²) in [6.07, 6.45) is 6.97. The number of aliphatic imine (C=N–C) groups is 1. The number of piperidine rings is 1. The van der Waals surface area contributed by atoms with Gasteiger partial charge in [0.05, 0.1) is 28.9 Å². The van der Waals surface area contributed by atoms with Crippen molar-refractivity contribution in [1.29, 1.82) is 0 Å². The van der Waals surface area contributed by atoms with Crippen LogP contribution >= 0.6 is 23.2 Å². The summed E-state index contributed by atoms with van der Waals surface area (Å²) in [4.78, 5) is 15.0. The molecule has 0 bridgehead atoms. The molecule has 10 nitrogen and oxygen atoms in total. The molecule has 0 atom stereocenters. The lowest BCUT2D eigenvalue weighted by Crippen LogP contribution is -2.29. The molecule has 39 heavy (non-hydrogen) atoms. The molecule has 0 amide bonds. The van der Waals surface area contributed by atoms with E-state index >= 15 is 0 Å². The number of rotatable bonds is 10. The van der Waals surface area contributed by atoms with Crippen molar-refractivity contribution in [3.8, 4) is 5.75 Å². The standard InChI is InChI=1S/C26H35Cl2N7O3S/c1-15(2)39(36,37)24(29)22(14-30-3)32-25-20(28)13-31-26(34-25)33-21-12-19(27)18(11-23(21)38-17-5-6-17)16-7-9-35(4)10-8-16/h11-17H,5-10,29H2,1-4H3,(H2,31,32,33,34). The van der Waals surface area contributed by atoms with E-state index in [0.717, 1.165) is 44.3 Å². The van der Waals surface area contributed by atoms with E-state index in [1.807, 2.05) is 12.1 Å². The Morgan fingerprint density at radius 3 is 2.51 bits per heavy atom. The van der Waals surface area contributed by atoms with Crippen molar-refractivity contribution in [2.75, 3.05) is 37.8 Å². The van der Waals surface area contributed by atoms with Crippen LogP contribution in [0, 0.1) is 0 Å². The van der Waals surface area contributed by atoms with Crippen molar-refractivity contribution >= 4 is 56.7 Å². The maximum atomic E-state index is 12.7. The average molecular weight is 597 g/mol. The molecule has 0 spiro atoms. The van der Waals surface area contributed by atoms with Crippen LogP contribution in [0.5, 0.6) is 5.75 Å². The highest BCUT2D eigenvalue weighted by molar-refractivity contribution is 7.95. The van der Waals surface area contributed by atoms with Crippen molar-refractivity contribution < 1.29 is 13.2 Å². The van der Waals surface area contributed by atoms with Crippen molar-refractivity contribution in [2.24, 2.45) is 10.7 Å². The molecule has 0 unspecified atom stereocenters. The molecule has 1 saturated heterocycles. The Hall–Kier alpha value is -2.60. The van der Waals surface area contributed by atoms with Gasteiger partial charge in [0, 0.05) is 18.3 Å². The predicted octanol–water partition coefficient (Wildman–Crippen LogP) is 4.94. The fraction of sp³-hybridized carbons (Fsp3) is 0.500. The summed E-state index contributed by atoms with van der Waals surface area (Å²) in [6.45, 7) is 5.15. The number of ether oxygens (including phenoxy) is 1. The molecular weight excluding hydrogens is 561 g/mol. The van der Waals surface area contributed by atoms with Gasteiger partial charge in [0.25, 0.3) is 0 Å². The maximum Gasteiger partial charge on any atom is 0.229 e. The molecule has 1 aliphatic carbocycles. The fourth-order valence-corrected chi connectivity index (χ4v) is 5.59. The van der Waals surface area contributed by atoms with Gasteiger partial charge in [-0.25, -0.2) is 13.4 Å². The molecule has 2 fully saturated rings. The predicted molar refractivity (Wildman–Crippen MR) is 158 cm³/mol. The van der Waals surface area contributed by atoms with Gasteiger partial charge in [-0.1, -0.05) is 23.2 Å². The number of allylic oxidation sites excluding steroid dienone is 1. The molecule has 2 aromatic rings. The van der Waals surface area contributed by atoms with E-state index in [4.69, 9.17) is 33.7 Å². The Balaban J connectivity index is 1.64. The average Bonchev–Trinajstić information content (AvgIpc) is 3.71. The zero-order chi connectivity index (χ0) is 28.3. The summed E-state index contributed by atoms with van der Waals surface area (Å²) in [5.74, 6) is 1.42. The molecule has 13 heteroatoms. The monoisotopic (exact) mass is 595 g/mol. The zero-order valence-electron chi connectivity index (χ0n) is 22.5.